The van der Waals surface area contributed by atoms with Crippen molar-refractivity contribution in [3.8, 4) is 0 Å². The van der Waals surface area contributed by atoms with E-state index in [2.05, 4.69) is 22.5 Å². The molecule has 5 heteroatoms. The molecule has 2 amide bonds. The van der Waals surface area contributed by atoms with Gasteiger partial charge in [-0.2, -0.15) is 0 Å². The van der Waals surface area contributed by atoms with Crippen molar-refractivity contribution >= 4 is 6.03 Å². The molecular formula is C17H33N3O2. The van der Waals surface area contributed by atoms with Crippen molar-refractivity contribution in [1.29, 1.82) is 0 Å². The van der Waals surface area contributed by atoms with Crippen LogP contribution in [0, 0.1) is 5.92 Å². The third-order valence-electron chi connectivity index (χ3n) is 5.03. The number of hydrogen-bond acceptors (Lipinski definition) is 3. The van der Waals surface area contributed by atoms with Crippen LogP contribution in [-0.2, 0) is 0 Å². The average molecular weight is 311 g/mol. The molecular weight excluding hydrogens is 278 g/mol. The van der Waals surface area contributed by atoms with Gasteiger partial charge in [0.25, 0.3) is 0 Å². The minimum atomic E-state index is -0.478. The number of carbonyl (C=O) groups excluding carboxylic acids is 1. The fraction of sp³-hybridized carbons (Fsp3) is 0.941. The Morgan fingerprint density at radius 3 is 2.41 bits per heavy atom. The van der Waals surface area contributed by atoms with Crippen molar-refractivity contribution in [1.82, 2.24) is 15.5 Å². The lowest BCUT2D eigenvalue weighted by Gasteiger charge is -2.31. The van der Waals surface area contributed by atoms with Crippen LogP contribution in [0.15, 0.2) is 0 Å². The van der Waals surface area contributed by atoms with E-state index in [1.54, 1.807) is 0 Å². The number of β-amino-alcohol motifs (C(OH)–C–C–N with tert-alkyl or cyclic N) is 1. The third kappa shape index (κ3) is 6.53. The lowest BCUT2D eigenvalue weighted by Crippen LogP contribution is -2.47. The number of rotatable bonds is 5. The summed E-state index contributed by atoms with van der Waals surface area (Å²) in [5.41, 5.74) is 0. The summed E-state index contributed by atoms with van der Waals surface area (Å²) in [4.78, 5) is 14.2. The maximum Gasteiger partial charge on any atom is 0.315 e. The van der Waals surface area contributed by atoms with Crippen molar-refractivity contribution in [3.63, 3.8) is 0 Å². The monoisotopic (exact) mass is 311 g/mol. The number of amides is 2. The van der Waals surface area contributed by atoms with Gasteiger partial charge in [-0.15, -0.1) is 0 Å². The smallest absolute Gasteiger partial charge is 0.315 e. The summed E-state index contributed by atoms with van der Waals surface area (Å²) in [7, 11) is 0. The Morgan fingerprint density at radius 2 is 1.77 bits per heavy atom. The number of hydrogen-bond donors (Lipinski definition) is 3. The topological polar surface area (TPSA) is 64.6 Å². The molecule has 1 heterocycles. The predicted octanol–water partition coefficient (Wildman–Crippen LogP) is 2.10. The van der Waals surface area contributed by atoms with Crippen molar-refractivity contribution in [3.05, 3.63) is 0 Å². The van der Waals surface area contributed by atoms with Crippen molar-refractivity contribution in [2.75, 3.05) is 26.2 Å². The van der Waals surface area contributed by atoms with Gasteiger partial charge in [-0.05, 0) is 44.7 Å². The minimum Gasteiger partial charge on any atom is -0.390 e. The summed E-state index contributed by atoms with van der Waals surface area (Å²) in [6, 6.07) is 0.182. The molecule has 0 spiro atoms. The van der Waals surface area contributed by atoms with Gasteiger partial charge in [-0.3, -0.25) is 0 Å². The van der Waals surface area contributed by atoms with Crippen molar-refractivity contribution in [2.45, 2.75) is 70.4 Å². The van der Waals surface area contributed by atoms with Crippen LogP contribution in [-0.4, -0.2) is 54.4 Å². The molecule has 0 bridgehead atoms. The normalized spacial score (nSPS) is 23.7. The summed E-state index contributed by atoms with van der Waals surface area (Å²) in [6.45, 7) is 5.41. The summed E-state index contributed by atoms with van der Waals surface area (Å²) < 4.78 is 0. The molecule has 1 atom stereocenters. The Kier molecular flexibility index (Phi) is 7.46. The van der Waals surface area contributed by atoms with E-state index < -0.39 is 6.10 Å². The average Bonchev–Trinajstić information content (AvgIpc) is 2.76. The van der Waals surface area contributed by atoms with Gasteiger partial charge in [0, 0.05) is 19.1 Å². The van der Waals surface area contributed by atoms with Crippen molar-refractivity contribution in [2.24, 2.45) is 5.92 Å². The third-order valence-corrected chi connectivity index (χ3v) is 5.03. The molecule has 0 aromatic carbocycles. The number of nitrogens with one attached hydrogen (secondary N) is 2. The van der Waals surface area contributed by atoms with Gasteiger partial charge in [-0.1, -0.05) is 32.6 Å². The van der Waals surface area contributed by atoms with E-state index in [9.17, 15) is 9.90 Å². The van der Waals surface area contributed by atoms with Crippen LogP contribution in [0.1, 0.15) is 58.3 Å². The van der Waals surface area contributed by atoms with Gasteiger partial charge < -0.3 is 20.6 Å². The summed E-state index contributed by atoms with van der Waals surface area (Å²) >= 11 is 0. The molecule has 5 nitrogen and oxygen atoms in total. The van der Waals surface area contributed by atoms with Crippen LogP contribution in [0.3, 0.4) is 0 Å². The molecule has 22 heavy (non-hydrogen) atoms. The first-order chi connectivity index (χ1) is 10.6. The van der Waals surface area contributed by atoms with Gasteiger partial charge in [0.05, 0.1) is 6.10 Å². The Morgan fingerprint density at radius 1 is 1.14 bits per heavy atom. The molecule has 2 rings (SSSR count). The zero-order chi connectivity index (χ0) is 15.8. The second kappa shape index (κ2) is 9.36. The van der Waals surface area contributed by atoms with Crippen LogP contribution in [0.4, 0.5) is 4.79 Å². The van der Waals surface area contributed by atoms with E-state index in [1.165, 1.54) is 38.5 Å². The van der Waals surface area contributed by atoms with E-state index in [0.717, 1.165) is 31.8 Å². The molecule has 1 aliphatic heterocycles. The Bertz CT molecular complexity index is 322. The summed E-state index contributed by atoms with van der Waals surface area (Å²) in [5.74, 6) is 0.803. The van der Waals surface area contributed by atoms with Crippen LogP contribution >= 0.6 is 0 Å². The molecule has 1 saturated heterocycles. The van der Waals surface area contributed by atoms with Crippen LogP contribution < -0.4 is 10.6 Å². The van der Waals surface area contributed by atoms with Gasteiger partial charge in [0.1, 0.15) is 0 Å². The number of nitrogens with zero attached hydrogens (tertiary/aromatic N) is 1. The molecule has 2 aliphatic rings. The second-order valence-corrected chi connectivity index (χ2v) is 7.18. The van der Waals surface area contributed by atoms with Crippen LogP contribution in [0.2, 0.25) is 0 Å². The summed E-state index contributed by atoms with van der Waals surface area (Å²) in [6.07, 6.45) is 9.10. The molecule has 1 unspecified atom stereocenters. The highest BCUT2D eigenvalue weighted by molar-refractivity contribution is 5.74. The SMILES string of the molecule is CC1CCN(CC(O)CNC(=O)NC2CCCCCC2)CC1. The maximum absolute atomic E-state index is 11.9. The lowest BCUT2D eigenvalue weighted by molar-refractivity contribution is 0.0919. The molecule has 1 aliphatic carbocycles. The van der Waals surface area contributed by atoms with Crippen LogP contribution in [0.5, 0.6) is 0 Å². The van der Waals surface area contributed by atoms with E-state index in [0.29, 0.717) is 19.1 Å². The van der Waals surface area contributed by atoms with Gasteiger partial charge in [-0.25, -0.2) is 4.79 Å². The first kappa shape index (κ1) is 17.5. The predicted molar refractivity (Wildman–Crippen MR) is 88.9 cm³/mol. The van der Waals surface area contributed by atoms with Gasteiger partial charge >= 0.3 is 6.03 Å². The molecule has 128 valence electrons. The molecule has 0 aromatic rings. The largest absolute Gasteiger partial charge is 0.390 e. The first-order valence-corrected chi connectivity index (χ1v) is 9.08. The molecule has 1 saturated carbocycles. The zero-order valence-electron chi connectivity index (χ0n) is 14.0. The molecule has 3 N–H and O–H groups in total. The number of urea groups is 1. The Balaban J connectivity index is 1.58. The second-order valence-electron chi connectivity index (χ2n) is 7.18. The minimum absolute atomic E-state index is 0.127. The molecule has 0 aromatic heterocycles. The van der Waals surface area contributed by atoms with Crippen molar-refractivity contribution < 1.29 is 9.90 Å². The highest BCUT2D eigenvalue weighted by Gasteiger charge is 2.19. The maximum atomic E-state index is 11.9. The van der Waals surface area contributed by atoms with Gasteiger partial charge in [0.15, 0.2) is 0 Å². The van der Waals surface area contributed by atoms with E-state index in [-0.39, 0.29) is 6.03 Å². The fourth-order valence-electron chi connectivity index (χ4n) is 3.48. The van der Waals surface area contributed by atoms with Gasteiger partial charge in [0.2, 0.25) is 0 Å². The van der Waals surface area contributed by atoms with E-state index in [1.807, 2.05) is 0 Å². The number of carbonyl (C=O) groups is 1. The highest BCUT2D eigenvalue weighted by atomic mass is 16.3. The standard InChI is InChI=1S/C17H33N3O2/c1-14-8-10-20(11-9-14)13-16(21)12-18-17(22)19-15-6-4-2-3-5-7-15/h14-16,21H,2-13H2,1H3,(H2,18,19,22). The summed E-state index contributed by atoms with van der Waals surface area (Å²) in [5, 5.41) is 16.0. The fourth-order valence-corrected chi connectivity index (χ4v) is 3.48. The Labute approximate surface area is 134 Å². The molecule has 0 radical (unpaired) electrons. The lowest BCUT2D eigenvalue weighted by atomic mass is 9.99. The highest BCUT2D eigenvalue weighted by Crippen LogP contribution is 2.17. The van der Waals surface area contributed by atoms with Crippen LogP contribution in [0.25, 0.3) is 0 Å². The first-order valence-electron chi connectivity index (χ1n) is 9.08. The number of likely N-dealkylation sites (tertiary alicyclic amines) is 1. The molecule has 2 fully saturated rings. The Hall–Kier alpha value is -0.810. The number of aliphatic hydroxyl groups is 1. The van der Waals surface area contributed by atoms with E-state index >= 15 is 0 Å². The van der Waals surface area contributed by atoms with E-state index in [4.69, 9.17) is 0 Å². The number of piperidine rings is 1. The quantitative estimate of drug-likeness (QED) is 0.681. The number of aliphatic hydroxyl groups excluding tert-OH is 1. The zero-order valence-corrected chi connectivity index (χ0v) is 14.0.